The summed E-state index contributed by atoms with van der Waals surface area (Å²) < 4.78 is 11.1. The zero-order chi connectivity index (χ0) is 21.8. The van der Waals surface area contributed by atoms with E-state index >= 15 is 0 Å². The van der Waals surface area contributed by atoms with Crippen LogP contribution in [0.25, 0.3) is 11.0 Å². The number of rotatable bonds is 6. The van der Waals surface area contributed by atoms with E-state index in [2.05, 4.69) is 4.98 Å². The molecule has 31 heavy (non-hydrogen) atoms. The molecule has 3 aromatic carbocycles. The number of esters is 1. The molecule has 0 aliphatic carbocycles. The Labute approximate surface area is 178 Å². The van der Waals surface area contributed by atoms with Gasteiger partial charge >= 0.3 is 5.97 Å². The van der Waals surface area contributed by atoms with Crippen LogP contribution in [0.1, 0.15) is 32.1 Å². The quantitative estimate of drug-likeness (QED) is 0.208. The van der Waals surface area contributed by atoms with E-state index in [1.54, 1.807) is 78.9 Å². The molecular formula is C24H18N2O5. The van der Waals surface area contributed by atoms with Crippen molar-refractivity contribution in [2.75, 3.05) is 7.11 Å². The van der Waals surface area contributed by atoms with E-state index in [0.717, 1.165) is 0 Å². The van der Waals surface area contributed by atoms with E-state index in [-0.39, 0.29) is 29.1 Å². The van der Waals surface area contributed by atoms with Crippen LogP contribution in [0.3, 0.4) is 0 Å². The summed E-state index contributed by atoms with van der Waals surface area (Å²) in [6.45, 7) is -0.349. The van der Waals surface area contributed by atoms with Crippen LogP contribution in [0, 0.1) is 5.21 Å². The molecule has 0 bridgehead atoms. The minimum absolute atomic E-state index is 0.0748. The Morgan fingerprint density at radius 2 is 1.61 bits per heavy atom. The number of carbonyl (C=O) groups is 2. The number of carbonyl (C=O) groups excluding carboxylic acids is 2. The van der Waals surface area contributed by atoms with Crippen molar-refractivity contribution >= 4 is 22.8 Å². The van der Waals surface area contributed by atoms with Crippen molar-refractivity contribution < 1.29 is 23.8 Å². The number of aromatic nitrogens is 2. The van der Waals surface area contributed by atoms with Crippen LogP contribution in [0.4, 0.5) is 0 Å². The number of hydrogen-bond acceptors (Lipinski definition) is 6. The van der Waals surface area contributed by atoms with Gasteiger partial charge in [-0.3, -0.25) is 4.79 Å². The zero-order valence-corrected chi connectivity index (χ0v) is 16.6. The fraction of sp³-hybridized carbons (Fsp3) is 0.0833. The molecule has 154 valence electrons. The van der Waals surface area contributed by atoms with Gasteiger partial charge in [-0.05, 0) is 18.2 Å². The Kier molecular flexibility index (Phi) is 5.57. The second-order valence-electron chi connectivity index (χ2n) is 6.66. The van der Waals surface area contributed by atoms with Crippen molar-refractivity contribution in [3.63, 3.8) is 0 Å². The highest BCUT2D eigenvalue weighted by atomic mass is 16.5. The van der Waals surface area contributed by atoms with Gasteiger partial charge in [0.15, 0.2) is 5.69 Å². The summed E-state index contributed by atoms with van der Waals surface area (Å²) in [5.74, 6) is -0.793. The molecule has 0 atom stereocenters. The van der Waals surface area contributed by atoms with Crippen LogP contribution in [0.5, 0.6) is 5.75 Å². The summed E-state index contributed by atoms with van der Waals surface area (Å²) in [5.41, 5.74) is 1.11. The number of hydrogen-bond donors (Lipinski definition) is 0. The van der Waals surface area contributed by atoms with Gasteiger partial charge in [-0.15, -0.1) is 0 Å². The molecule has 0 aliphatic rings. The summed E-state index contributed by atoms with van der Waals surface area (Å²) >= 11 is 0. The highest BCUT2D eigenvalue weighted by Crippen LogP contribution is 2.20. The largest absolute Gasteiger partial charge is 0.618 e. The molecule has 0 aliphatic heterocycles. The molecule has 0 radical (unpaired) electrons. The molecular weight excluding hydrogens is 396 g/mol. The first-order valence-electron chi connectivity index (χ1n) is 9.51. The Balaban J connectivity index is 1.74. The second-order valence-corrected chi connectivity index (χ2v) is 6.66. The first-order chi connectivity index (χ1) is 15.1. The van der Waals surface area contributed by atoms with Gasteiger partial charge in [0, 0.05) is 11.6 Å². The van der Waals surface area contributed by atoms with Crippen LogP contribution in [0.2, 0.25) is 0 Å². The normalized spacial score (nSPS) is 10.6. The van der Waals surface area contributed by atoms with Crippen LogP contribution in [0.15, 0.2) is 78.9 Å². The van der Waals surface area contributed by atoms with Crippen molar-refractivity contribution in [2.24, 2.45) is 0 Å². The predicted molar refractivity (Wildman–Crippen MR) is 113 cm³/mol. The number of ketones is 1. The maximum absolute atomic E-state index is 13.1. The van der Waals surface area contributed by atoms with Gasteiger partial charge in [0.05, 0.1) is 7.11 Å². The van der Waals surface area contributed by atoms with E-state index in [4.69, 9.17) is 9.47 Å². The topological polar surface area (TPSA) is 92.4 Å². The molecule has 0 saturated heterocycles. The number of fused-ring (bicyclic) bond motifs is 1. The van der Waals surface area contributed by atoms with Crippen molar-refractivity contribution in [2.45, 2.75) is 6.61 Å². The molecule has 7 nitrogen and oxygen atoms in total. The molecule has 0 saturated carbocycles. The maximum atomic E-state index is 13.1. The summed E-state index contributed by atoms with van der Waals surface area (Å²) in [7, 11) is 1.45. The van der Waals surface area contributed by atoms with Gasteiger partial charge in [-0.1, -0.05) is 54.6 Å². The summed E-state index contributed by atoms with van der Waals surface area (Å²) in [6, 6.07) is 21.7. The van der Waals surface area contributed by atoms with E-state index in [1.807, 2.05) is 0 Å². The average molecular weight is 414 g/mol. The van der Waals surface area contributed by atoms with Crippen LogP contribution >= 0.6 is 0 Å². The lowest BCUT2D eigenvalue weighted by Crippen LogP contribution is -2.38. The molecule has 0 N–H and O–H groups in total. The van der Waals surface area contributed by atoms with Crippen molar-refractivity contribution in [3.8, 4) is 5.75 Å². The van der Waals surface area contributed by atoms with Crippen molar-refractivity contribution in [3.05, 3.63) is 107 Å². The fourth-order valence-electron chi connectivity index (χ4n) is 3.24. The van der Waals surface area contributed by atoms with Gasteiger partial charge in [0.2, 0.25) is 5.52 Å². The lowest BCUT2D eigenvalue weighted by molar-refractivity contribution is -0.580. The second kappa shape index (κ2) is 8.62. The van der Waals surface area contributed by atoms with E-state index < -0.39 is 11.8 Å². The molecule has 1 aromatic heterocycles. The molecule has 4 rings (SSSR count). The average Bonchev–Trinajstić information content (AvgIpc) is 2.82. The van der Waals surface area contributed by atoms with Crippen LogP contribution in [-0.4, -0.2) is 23.8 Å². The van der Waals surface area contributed by atoms with Gasteiger partial charge in [-0.25, -0.2) is 9.78 Å². The number of benzene rings is 3. The third-order valence-electron chi connectivity index (χ3n) is 4.75. The molecule has 7 heteroatoms. The Morgan fingerprint density at radius 1 is 0.935 bits per heavy atom. The summed E-state index contributed by atoms with van der Waals surface area (Å²) in [6.07, 6.45) is 0. The maximum Gasteiger partial charge on any atom is 0.342 e. The number of para-hydroxylation sites is 3. The molecule has 0 spiro atoms. The Hall–Kier alpha value is -4.26. The Bertz CT molecular complexity index is 1270. The van der Waals surface area contributed by atoms with Gasteiger partial charge in [0.25, 0.3) is 11.5 Å². The Morgan fingerprint density at radius 3 is 2.39 bits per heavy atom. The number of ether oxygens (including phenoxy) is 2. The first-order valence-corrected chi connectivity index (χ1v) is 9.51. The predicted octanol–water partition coefficient (Wildman–Crippen LogP) is 3.46. The van der Waals surface area contributed by atoms with Crippen LogP contribution in [-0.2, 0) is 11.3 Å². The highest BCUT2D eigenvalue weighted by molar-refractivity contribution is 6.07. The number of nitrogens with zero attached hydrogens (tertiary/aromatic N) is 2. The fourth-order valence-corrected chi connectivity index (χ4v) is 3.24. The van der Waals surface area contributed by atoms with E-state index in [9.17, 15) is 14.8 Å². The third-order valence-corrected chi connectivity index (χ3v) is 4.75. The molecule has 0 unspecified atom stereocenters. The van der Waals surface area contributed by atoms with Gasteiger partial charge < -0.3 is 14.7 Å². The number of methoxy groups -OCH3 is 1. The van der Waals surface area contributed by atoms with E-state index in [1.165, 1.54) is 7.11 Å². The standard InChI is InChI=1S/C24H18N2O5/c1-30-21-14-8-5-11-17(21)24(28)31-15-19-22(23(27)16-9-3-2-4-10-16)26(29)20-13-7-6-12-18(20)25-19/h2-14H,15H2,1H3. The van der Waals surface area contributed by atoms with Crippen molar-refractivity contribution in [1.82, 2.24) is 4.98 Å². The van der Waals surface area contributed by atoms with Gasteiger partial charge in [0.1, 0.15) is 23.4 Å². The van der Waals surface area contributed by atoms with Crippen molar-refractivity contribution in [1.29, 1.82) is 0 Å². The van der Waals surface area contributed by atoms with Gasteiger partial charge in [-0.2, -0.15) is 4.73 Å². The lowest BCUT2D eigenvalue weighted by atomic mass is 10.1. The smallest absolute Gasteiger partial charge is 0.342 e. The first kappa shape index (κ1) is 20.0. The minimum Gasteiger partial charge on any atom is -0.618 e. The van der Waals surface area contributed by atoms with E-state index in [0.29, 0.717) is 21.6 Å². The third kappa shape index (κ3) is 3.93. The SMILES string of the molecule is COc1ccccc1C(=O)OCc1nc2ccccc2[n+]([O-])c1C(=O)c1ccccc1. The monoisotopic (exact) mass is 414 g/mol. The zero-order valence-electron chi connectivity index (χ0n) is 16.6. The molecule has 1 heterocycles. The molecule has 4 aromatic rings. The minimum atomic E-state index is -0.650. The highest BCUT2D eigenvalue weighted by Gasteiger charge is 2.28. The summed E-state index contributed by atoms with van der Waals surface area (Å²) in [4.78, 5) is 30.2. The van der Waals surface area contributed by atoms with Crippen LogP contribution < -0.4 is 9.47 Å². The summed E-state index contributed by atoms with van der Waals surface area (Å²) in [5, 5.41) is 13.1. The molecule has 0 fully saturated rings. The lowest BCUT2D eigenvalue weighted by Gasteiger charge is -2.12. The molecule has 0 amide bonds.